The molecule has 0 bridgehead atoms. The standard InChI is InChI=1S/C30H61N2O6P/c1-6-8-10-12-13-14-15-16-17-18-20-21-23-29(33)28(31-30(34)24-22-19-11-9-7-2)27-38-39(35,36)37-26-25-32(3,4)5/h21,23,28-29,33H,6-20,22,24-27H2,1-5H3,(H-,31,34,35,36)/b23-21+. The van der Waals surface area contributed by atoms with Crippen LogP contribution >= 0.6 is 7.82 Å². The second kappa shape index (κ2) is 23.9. The molecule has 0 saturated carbocycles. The molecule has 9 heteroatoms. The van der Waals surface area contributed by atoms with E-state index in [2.05, 4.69) is 19.2 Å². The first-order valence-corrected chi connectivity index (χ1v) is 17.0. The van der Waals surface area contributed by atoms with Gasteiger partial charge in [-0.25, -0.2) is 0 Å². The molecule has 3 atom stereocenters. The number of likely N-dealkylation sites (N-methyl/N-ethyl adjacent to an activating group) is 1. The fraction of sp³-hybridized carbons (Fsp3) is 0.900. The van der Waals surface area contributed by atoms with Crippen LogP contribution in [0.4, 0.5) is 0 Å². The number of amides is 1. The molecule has 0 aliphatic heterocycles. The van der Waals surface area contributed by atoms with Crippen molar-refractivity contribution < 1.29 is 32.9 Å². The maximum Gasteiger partial charge on any atom is 0.268 e. The number of nitrogens with one attached hydrogen (secondary N) is 1. The molecule has 2 N–H and O–H groups in total. The summed E-state index contributed by atoms with van der Waals surface area (Å²) in [4.78, 5) is 24.7. The summed E-state index contributed by atoms with van der Waals surface area (Å²) in [5.74, 6) is -0.214. The van der Waals surface area contributed by atoms with Gasteiger partial charge in [-0.2, -0.15) is 0 Å². The lowest BCUT2D eigenvalue weighted by Crippen LogP contribution is -2.45. The van der Waals surface area contributed by atoms with Gasteiger partial charge in [0.25, 0.3) is 7.82 Å². The van der Waals surface area contributed by atoms with E-state index in [0.717, 1.165) is 51.4 Å². The monoisotopic (exact) mass is 576 g/mol. The van der Waals surface area contributed by atoms with Crippen LogP contribution in [0.25, 0.3) is 0 Å². The first-order valence-electron chi connectivity index (χ1n) is 15.6. The molecule has 0 aromatic heterocycles. The maximum atomic E-state index is 12.5. The van der Waals surface area contributed by atoms with E-state index < -0.39 is 20.0 Å². The van der Waals surface area contributed by atoms with Crippen molar-refractivity contribution in [1.29, 1.82) is 0 Å². The van der Waals surface area contributed by atoms with Crippen molar-refractivity contribution in [3.8, 4) is 0 Å². The molecule has 0 saturated heterocycles. The van der Waals surface area contributed by atoms with Gasteiger partial charge < -0.3 is 28.8 Å². The number of carbonyl (C=O) groups is 1. The average molecular weight is 577 g/mol. The molecule has 1 amide bonds. The predicted molar refractivity (Wildman–Crippen MR) is 159 cm³/mol. The Morgan fingerprint density at radius 2 is 1.38 bits per heavy atom. The van der Waals surface area contributed by atoms with E-state index in [4.69, 9.17) is 9.05 Å². The van der Waals surface area contributed by atoms with Crippen LogP contribution in [0.1, 0.15) is 123 Å². The van der Waals surface area contributed by atoms with E-state index in [-0.39, 0.29) is 19.1 Å². The third kappa shape index (κ3) is 25.9. The Balaban J connectivity index is 4.60. The Bertz CT molecular complexity index is 668. The van der Waals surface area contributed by atoms with Gasteiger partial charge >= 0.3 is 0 Å². The number of hydrogen-bond acceptors (Lipinski definition) is 6. The number of phosphoric acid groups is 1. The molecule has 0 radical (unpaired) electrons. The van der Waals surface area contributed by atoms with Crippen LogP contribution < -0.4 is 10.2 Å². The van der Waals surface area contributed by atoms with Crippen LogP contribution in [0.5, 0.6) is 0 Å². The van der Waals surface area contributed by atoms with Crippen molar-refractivity contribution in [2.24, 2.45) is 0 Å². The average Bonchev–Trinajstić information content (AvgIpc) is 2.86. The van der Waals surface area contributed by atoms with Gasteiger partial charge in [0.05, 0.1) is 39.9 Å². The van der Waals surface area contributed by atoms with Crippen molar-refractivity contribution >= 4 is 13.7 Å². The Kier molecular flexibility index (Phi) is 23.4. The fourth-order valence-electron chi connectivity index (χ4n) is 4.15. The summed E-state index contributed by atoms with van der Waals surface area (Å²) in [5, 5.41) is 13.5. The van der Waals surface area contributed by atoms with Gasteiger partial charge in [-0.3, -0.25) is 9.36 Å². The van der Waals surface area contributed by atoms with Gasteiger partial charge in [-0.15, -0.1) is 0 Å². The predicted octanol–water partition coefficient (Wildman–Crippen LogP) is 6.27. The Morgan fingerprint density at radius 3 is 1.92 bits per heavy atom. The molecule has 0 aliphatic carbocycles. The van der Waals surface area contributed by atoms with Gasteiger partial charge in [-0.1, -0.05) is 109 Å². The zero-order valence-electron chi connectivity index (χ0n) is 25.8. The highest BCUT2D eigenvalue weighted by Crippen LogP contribution is 2.38. The van der Waals surface area contributed by atoms with Crippen LogP contribution in [0.2, 0.25) is 0 Å². The third-order valence-electron chi connectivity index (χ3n) is 6.75. The Labute approximate surface area is 240 Å². The lowest BCUT2D eigenvalue weighted by Gasteiger charge is -2.29. The molecular weight excluding hydrogens is 515 g/mol. The zero-order chi connectivity index (χ0) is 29.4. The fourth-order valence-corrected chi connectivity index (χ4v) is 4.87. The molecular formula is C30H61N2O6P. The number of allylic oxidation sites excluding steroid dienone is 1. The highest BCUT2D eigenvalue weighted by Gasteiger charge is 2.23. The first-order chi connectivity index (χ1) is 18.5. The van der Waals surface area contributed by atoms with Gasteiger partial charge in [0.1, 0.15) is 13.2 Å². The Morgan fingerprint density at radius 1 is 0.872 bits per heavy atom. The van der Waals surface area contributed by atoms with Gasteiger partial charge in [0, 0.05) is 6.42 Å². The van der Waals surface area contributed by atoms with E-state index in [1.54, 1.807) is 6.08 Å². The molecule has 3 unspecified atom stereocenters. The van der Waals surface area contributed by atoms with E-state index in [1.807, 2.05) is 27.2 Å². The number of unbranched alkanes of at least 4 members (excludes halogenated alkanes) is 14. The quantitative estimate of drug-likeness (QED) is 0.0517. The summed E-state index contributed by atoms with van der Waals surface area (Å²) >= 11 is 0. The molecule has 0 spiro atoms. The number of phosphoric ester groups is 1. The number of hydrogen-bond donors (Lipinski definition) is 2. The van der Waals surface area contributed by atoms with Crippen LogP contribution in [-0.2, 0) is 18.4 Å². The van der Waals surface area contributed by atoms with Crippen molar-refractivity contribution in [2.75, 3.05) is 40.9 Å². The van der Waals surface area contributed by atoms with Crippen LogP contribution in [0.15, 0.2) is 12.2 Å². The van der Waals surface area contributed by atoms with Crippen molar-refractivity contribution in [2.45, 2.75) is 135 Å². The smallest absolute Gasteiger partial charge is 0.268 e. The highest BCUT2D eigenvalue weighted by atomic mass is 31.2. The number of rotatable bonds is 27. The summed E-state index contributed by atoms with van der Waals surface area (Å²) in [5.41, 5.74) is 0. The molecule has 39 heavy (non-hydrogen) atoms. The Hall–Kier alpha value is -0.760. The second-order valence-corrected chi connectivity index (χ2v) is 13.2. The molecule has 0 fully saturated rings. The number of nitrogens with zero attached hydrogens (tertiary/aromatic N) is 1. The second-order valence-electron chi connectivity index (χ2n) is 11.8. The SMILES string of the molecule is CCCCCCCCCCCC/C=C/C(O)C(COP(=O)([O-])OCC[N+](C)(C)C)NC(=O)CCCCCCC. The molecule has 0 aromatic rings. The normalized spacial score (nSPS) is 15.4. The minimum absolute atomic E-state index is 0.000374. The summed E-state index contributed by atoms with van der Waals surface area (Å²) in [6.45, 7) is 4.50. The number of quaternary nitrogens is 1. The summed E-state index contributed by atoms with van der Waals surface area (Å²) < 4.78 is 22.8. The van der Waals surface area contributed by atoms with Crippen LogP contribution in [-0.4, -0.2) is 68.5 Å². The van der Waals surface area contributed by atoms with Crippen molar-refractivity contribution in [1.82, 2.24) is 5.32 Å². The number of aliphatic hydroxyl groups excluding tert-OH is 1. The topological polar surface area (TPSA) is 108 Å². The third-order valence-corrected chi connectivity index (χ3v) is 7.71. The van der Waals surface area contributed by atoms with Gasteiger partial charge in [0.15, 0.2) is 0 Å². The number of aliphatic hydroxyl groups is 1. The number of carbonyl (C=O) groups excluding carboxylic acids is 1. The summed E-state index contributed by atoms with van der Waals surface area (Å²) in [7, 11) is 1.26. The first kappa shape index (κ1) is 38.2. The van der Waals surface area contributed by atoms with E-state index >= 15 is 0 Å². The van der Waals surface area contributed by atoms with E-state index in [1.165, 1.54) is 51.4 Å². The van der Waals surface area contributed by atoms with Crippen LogP contribution in [0.3, 0.4) is 0 Å². The highest BCUT2D eigenvalue weighted by molar-refractivity contribution is 7.45. The molecule has 0 aromatic carbocycles. The zero-order valence-corrected chi connectivity index (χ0v) is 26.7. The minimum atomic E-state index is -4.55. The molecule has 0 aliphatic rings. The van der Waals surface area contributed by atoms with Crippen molar-refractivity contribution in [3.63, 3.8) is 0 Å². The summed E-state index contributed by atoms with van der Waals surface area (Å²) in [6, 6.07) is -0.874. The van der Waals surface area contributed by atoms with Crippen LogP contribution in [0, 0.1) is 0 Å². The van der Waals surface area contributed by atoms with Gasteiger partial charge in [-0.05, 0) is 19.3 Å². The molecule has 8 nitrogen and oxygen atoms in total. The lowest BCUT2D eigenvalue weighted by molar-refractivity contribution is -0.870. The summed E-state index contributed by atoms with van der Waals surface area (Å²) in [6.07, 6.45) is 21.4. The molecule has 232 valence electrons. The lowest BCUT2D eigenvalue weighted by atomic mass is 10.1. The van der Waals surface area contributed by atoms with Gasteiger partial charge in [0.2, 0.25) is 5.91 Å². The van der Waals surface area contributed by atoms with E-state index in [0.29, 0.717) is 17.4 Å². The minimum Gasteiger partial charge on any atom is -0.756 e. The molecule has 0 rings (SSSR count). The molecule has 0 heterocycles. The van der Waals surface area contributed by atoms with E-state index in [9.17, 15) is 19.4 Å². The van der Waals surface area contributed by atoms with Crippen molar-refractivity contribution in [3.05, 3.63) is 12.2 Å². The maximum absolute atomic E-state index is 12.5. The largest absolute Gasteiger partial charge is 0.756 e.